The second kappa shape index (κ2) is 6.55. The van der Waals surface area contributed by atoms with E-state index in [1.165, 1.54) is 24.9 Å². The summed E-state index contributed by atoms with van der Waals surface area (Å²) in [6.45, 7) is 5.03. The van der Waals surface area contributed by atoms with Crippen molar-refractivity contribution >= 4 is 5.69 Å². The number of likely N-dealkylation sites (N-methyl/N-ethyl adjacent to an activating group) is 2. The molecule has 1 fully saturated rings. The first-order valence-electron chi connectivity index (χ1n) is 7.61. The van der Waals surface area contributed by atoms with Gasteiger partial charge in [0.1, 0.15) is 0 Å². The van der Waals surface area contributed by atoms with Gasteiger partial charge in [0.25, 0.3) is 0 Å². The lowest BCUT2D eigenvalue weighted by molar-refractivity contribution is 0.0683. The second-order valence-electron chi connectivity index (χ2n) is 6.11. The van der Waals surface area contributed by atoms with Gasteiger partial charge in [-0.1, -0.05) is 6.92 Å². The van der Waals surface area contributed by atoms with E-state index in [0.717, 1.165) is 25.3 Å². The maximum absolute atomic E-state index is 4.43. The lowest BCUT2D eigenvalue weighted by Crippen LogP contribution is -2.56. The van der Waals surface area contributed by atoms with Gasteiger partial charge in [0.15, 0.2) is 0 Å². The van der Waals surface area contributed by atoms with Crippen molar-refractivity contribution in [1.29, 1.82) is 0 Å². The highest BCUT2D eigenvalue weighted by molar-refractivity contribution is 5.46. The average molecular weight is 276 g/mol. The zero-order chi connectivity index (χ0) is 14.6. The van der Waals surface area contributed by atoms with Crippen LogP contribution in [0.15, 0.2) is 18.3 Å². The molecule has 0 radical (unpaired) electrons. The van der Waals surface area contributed by atoms with Crippen molar-refractivity contribution in [3.63, 3.8) is 0 Å². The van der Waals surface area contributed by atoms with Crippen LogP contribution in [0.3, 0.4) is 0 Å². The molecule has 0 spiro atoms. The van der Waals surface area contributed by atoms with Crippen LogP contribution in [0.2, 0.25) is 0 Å². The summed E-state index contributed by atoms with van der Waals surface area (Å²) in [4.78, 5) is 9.19. The van der Waals surface area contributed by atoms with E-state index in [-0.39, 0.29) is 0 Å². The normalized spacial score (nSPS) is 17.1. The third kappa shape index (κ3) is 3.30. The van der Waals surface area contributed by atoms with Crippen molar-refractivity contribution in [3.8, 4) is 0 Å². The molecule has 0 saturated heterocycles. The SMILES string of the molecule is CCNCc1cc(N(C)CC2(N(C)C)CCC2)ccn1. The summed E-state index contributed by atoms with van der Waals surface area (Å²) in [6.07, 6.45) is 5.88. The first kappa shape index (κ1) is 15.3. The Labute approximate surface area is 123 Å². The van der Waals surface area contributed by atoms with Gasteiger partial charge in [0.2, 0.25) is 0 Å². The largest absolute Gasteiger partial charge is 0.373 e. The van der Waals surface area contributed by atoms with E-state index in [1.807, 2.05) is 6.20 Å². The zero-order valence-electron chi connectivity index (χ0n) is 13.3. The molecule has 4 heteroatoms. The highest BCUT2D eigenvalue weighted by Gasteiger charge is 2.39. The number of aromatic nitrogens is 1. The Morgan fingerprint density at radius 1 is 1.30 bits per heavy atom. The molecule has 1 aromatic heterocycles. The van der Waals surface area contributed by atoms with Gasteiger partial charge in [0, 0.05) is 37.6 Å². The summed E-state index contributed by atoms with van der Waals surface area (Å²) in [5, 5.41) is 3.33. The highest BCUT2D eigenvalue weighted by Crippen LogP contribution is 2.37. The fourth-order valence-electron chi connectivity index (χ4n) is 2.92. The van der Waals surface area contributed by atoms with Gasteiger partial charge in [-0.2, -0.15) is 0 Å². The Balaban J connectivity index is 2.03. The molecule has 1 aliphatic carbocycles. The maximum Gasteiger partial charge on any atom is 0.0562 e. The zero-order valence-corrected chi connectivity index (χ0v) is 13.3. The van der Waals surface area contributed by atoms with E-state index in [4.69, 9.17) is 0 Å². The van der Waals surface area contributed by atoms with Crippen molar-refractivity contribution in [2.75, 3.05) is 39.1 Å². The molecule has 1 heterocycles. The molecule has 2 rings (SSSR count). The maximum atomic E-state index is 4.43. The lowest BCUT2D eigenvalue weighted by Gasteiger charge is -2.49. The molecule has 0 aliphatic heterocycles. The third-order valence-electron chi connectivity index (χ3n) is 4.56. The van der Waals surface area contributed by atoms with Crippen molar-refractivity contribution in [3.05, 3.63) is 24.0 Å². The number of anilines is 1. The van der Waals surface area contributed by atoms with Crippen LogP contribution in [0, 0.1) is 0 Å². The third-order valence-corrected chi connectivity index (χ3v) is 4.56. The summed E-state index contributed by atoms with van der Waals surface area (Å²) in [7, 11) is 6.60. The highest BCUT2D eigenvalue weighted by atomic mass is 15.2. The first-order valence-corrected chi connectivity index (χ1v) is 7.61. The van der Waals surface area contributed by atoms with Gasteiger partial charge in [-0.15, -0.1) is 0 Å². The quantitative estimate of drug-likeness (QED) is 0.826. The molecule has 0 aromatic carbocycles. The van der Waals surface area contributed by atoms with Crippen molar-refractivity contribution in [1.82, 2.24) is 15.2 Å². The average Bonchev–Trinajstić information content (AvgIpc) is 2.40. The second-order valence-corrected chi connectivity index (χ2v) is 6.11. The Morgan fingerprint density at radius 2 is 2.05 bits per heavy atom. The molecule has 0 bridgehead atoms. The van der Waals surface area contributed by atoms with Gasteiger partial charge in [-0.05, 0) is 52.0 Å². The van der Waals surface area contributed by atoms with Gasteiger partial charge >= 0.3 is 0 Å². The van der Waals surface area contributed by atoms with Gasteiger partial charge in [-0.25, -0.2) is 0 Å². The van der Waals surface area contributed by atoms with Crippen LogP contribution in [-0.4, -0.2) is 49.7 Å². The Kier molecular flexibility index (Phi) is 5.00. The van der Waals surface area contributed by atoms with Crippen LogP contribution in [0.5, 0.6) is 0 Å². The van der Waals surface area contributed by atoms with Gasteiger partial charge < -0.3 is 15.1 Å². The predicted octanol–water partition coefficient (Wildman–Crippen LogP) is 2.11. The molecular formula is C16H28N4. The number of nitrogens with zero attached hydrogens (tertiary/aromatic N) is 3. The predicted molar refractivity (Wildman–Crippen MR) is 85.2 cm³/mol. The molecule has 1 N–H and O–H groups in total. The fraction of sp³-hybridized carbons (Fsp3) is 0.688. The van der Waals surface area contributed by atoms with E-state index in [2.05, 4.69) is 60.3 Å². The number of rotatable bonds is 7. The monoisotopic (exact) mass is 276 g/mol. The van der Waals surface area contributed by atoms with E-state index in [0.29, 0.717) is 5.54 Å². The first-order chi connectivity index (χ1) is 9.57. The van der Waals surface area contributed by atoms with Gasteiger partial charge in [0.05, 0.1) is 5.69 Å². The number of hydrogen-bond acceptors (Lipinski definition) is 4. The Hall–Kier alpha value is -1.13. The summed E-state index contributed by atoms with van der Waals surface area (Å²) >= 11 is 0. The number of nitrogens with one attached hydrogen (secondary N) is 1. The molecule has 0 amide bonds. The van der Waals surface area contributed by atoms with Crippen LogP contribution < -0.4 is 10.2 Å². The smallest absolute Gasteiger partial charge is 0.0562 e. The molecule has 20 heavy (non-hydrogen) atoms. The number of hydrogen-bond donors (Lipinski definition) is 1. The fourth-order valence-corrected chi connectivity index (χ4v) is 2.92. The molecule has 112 valence electrons. The van der Waals surface area contributed by atoms with Crippen molar-refractivity contribution in [2.45, 2.75) is 38.3 Å². The number of pyridine rings is 1. The summed E-state index contributed by atoms with van der Waals surface area (Å²) < 4.78 is 0. The minimum atomic E-state index is 0.361. The van der Waals surface area contributed by atoms with E-state index >= 15 is 0 Å². The van der Waals surface area contributed by atoms with E-state index in [9.17, 15) is 0 Å². The summed E-state index contributed by atoms with van der Waals surface area (Å²) in [5.41, 5.74) is 2.74. The lowest BCUT2D eigenvalue weighted by atomic mass is 9.75. The topological polar surface area (TPSA) is 31.4 Å². The molecular weight excluding hydrogens is 248 g/mol. The van der Waals surface area contributed by atoms with Crippen LogP contribution >= 0.6 is 0 Å². The standard InChI is InChI=1S/C16H28N4/c1-5-17-12-14-11-15(7-10-18-14)20(4)13-16(19(2)3)8-6-9-16/h7,10-11,17H,5-6,8-9,12-13H2,1-4H3. The summed E-state index contributed by atoms with van der Waals surface area (Å²) in [6, 6.07) is 4.31. The van der Waals surface area contributed by atoms with Gasteiger partial charge in [-0.3, -0.25) is 4.98 Å². The molecule has 0 atom stereocenters. The minimum Gasteiger partial charge on any atom is -0.373 e. The molecule has 0 unspecified atom stereocenters. The van der Waals surface area contributed by atoms with Crippen molar-refractivity contribution in [2.24, 2.45) is 0 Å². The molecule has 1 saturated carbocycles. The van der Waals surface area contributed by atoms with Crippen LogP contribution in [0.1, 0.15) is 31.9 Å². The Bertz CT molecular complexity index is 426. The molecule has 4 nitrogen and oxygen atoms in total. The van der Waals surface area contributed by atoms with Crippen LogP contribution in [-0.2, 0) is 6.54 Å². The Morgan fingerprint density at radius 3 is 2.60 bits per heavy atom. The van der Waals surface area contributed by atoms with Crippen LogP contribution in [0.25, 0.3) is 0 Å². The molecule has 1 aliphatic rings. The van der Waals surface area contributed by atoms with E-state index in [1.54, 1.807) is 0 Å². The van der Waals surface area contributed by atoms with Crippen LogP contribution in [0.4, 0.5) is 5.69 Å². The molecule has 1 aromatic rings. The summed E-state index contributed by atoms with van der Waals surface area (Å²) in [5.74, 6) is 0. The van der Waals surface area contributed by atoms with E-state index < -0.39 is 0 Å². The minimum absolute atomic E-state index is 0.361. The van der Waals surface area contributed by atoms with Crippen molar-refractivity contribution < 1.29 is 0 Å².